The number of fused-ring (bicyclic) bond motifs is 3. The predicted octanol–water partition coefficient (Wildman–Crippen LogP) is 7.84. The summed E-state index contributed by atoms with van der Waals surface area (Å²) in [6.07, 6.45) is 1.76. The van der Waals surface area contributed by atoms with Crippen LogP contribution in [0.3, 0.4) is 0 Å². The van der Waals surface area contributed by atoms with E-state index in [-0.39, 0.29) is 33.8 Å². The highest BCUT2D eigenvalue weighted by Gasteiger charge is 2.45. The minimum Gasteiger partial charge on any atom is -0.505 e. The molecule has 0 saturated heterocycles. The van der Waals surface area contributed by atoms with E-state index < -0.39 is 5.97 Å². The molecular formula is C38H31N2O4+. The molecule has 0 fully saturated rings. The molecule has 216 valence electrons. The van der Waals surface area contributed by atoms with E-state index >= 15 is 0 Å². The molecule has 0 atom stereocenters. The predicted molar refractivity (Wildman–Crippen MR) is 175 cm³/mol. The Balaban J connectivity index is 1.25. The van der Waals surface area contributed by atoms with Gasteiger partial charge in [0.25, 0.3) is 0 Å². The van der Waals surface area contributed by atoms with E-state index in [1.807, 2.05) is 55.6 Å². The number of nitrogens with one attached hydrogen (secondary N) is 1. The second kappa shape index (κ2) is 10.1. The molecule has 0 aromatic heterocycles. The first kappa shape index (κ1) is 27.3. The van der Waals surface area contributed by atoms with Crippen LogP contribution in [0, 0.1) is 0 Å². The second-order valence-corrected chi connectivity index (χ2v) is 11.8. The zero-order valence-electron chi connectivity index (χ0n) is 24.9. The van der Waals surface area contributed by atoms with Gasteiger partial charge in [-0.25, -0.2) is 4.79 Å². The van der Waals surface area contributed by atoms with Gasteiger partial charge in [-0.1, -0.05) is 66.7 Å². The van der Waals surface area contributed by atoms with E-state index in [1.54, 1.807) is 18.2 Å². The number of aliphatic hydroxyl groups is 1. The zero-order chi connectivity index (χ0) is 30.7. The van der Waals surface area contributed by atoms with Gasteiger partial charge >= 0.3 is 5.97 Å². The molecule has 0 amide bonds. The van der Waals surface area contributed by atoms with Crippen molar-refractivity contribution in [2.75, 3.05) is 19.5 Å². The zero-order valence-corrected chi connectivity index (χ0v) is 24.9. The molecule has 0 radical (unpaired) electrons. The van der Waals surface area contributed by atoms with Crippen LogP contribution < -0.4 is 5.32 Å². The number of methoxy groups -OCH3 is 1. The van der Waals surface area contributed by atoms with Crippen molar-refractivity contribution in [3.05, 3.63) is 131 Å². The molecule has 2 N–H and O–H groups in total. The van der Waals surface area contributed by atoms with Gasteiger partial charge < -0.3 is 15.2 Å². The van der Waals surface area contributed by atoms with E-state index in [2.05, 4.69) is 60.1 Å². The van der Waals surface area contributed by atoms with Crippen LogP contribution in [0.5, 0.6) is 0 Å². The molecule has 7 rings (SSSR count). The third kappa shape index (κ3) is 4.14. The molecule has 6 nitrogen and oxygen atoms in total. The number of para-hydroxylation sites is 1. The number of ketones is 1. The number of carbonyl (C=O) groups excluding carboxylic acids is 2. The summed E-state index contributed by atoms with van der Waals surface area (Å²) in [6.45, 7) is 4.21. The number of rotatable bonds is 5. The average Bonchev–Trinajstić information content (AvgIpc) is 3.24. The Hall–Kier alpha value is -5.49. The van der Waals surface area contributed by atoms with Crippen molar-refractivity contribution in [1.82, 2.24) is 0 Å². The van der Waals surface area contributed by atoms with Crippen molar-refractivity contribution in [3.8, 4) is 11.1 Å². The first-order valence-electron chi connectivity index (χ1n) is 14.5. The fourth-order valence-corrected chi connectivity index (χ4v) is 6.52. The first-order chi connectivity index (χ1) is 21.2. The van der Waals surface area contributed by atoms with Crippen LogP contribution in [0.2, 0.25) is 0 Å². The highest BCUT2D eigenvalue weighted by atomic mass is 16.5. The van der Waals surface area contributed by atoms with Crippen molar-refractivity contribution < 1.29 is 24.0 Å². The Labute approximate surface area is 255 Å². The number of esters is 1. The summed E-state index contributed by atoms with van der Waals surface area (Å²) in [6, 6.07) is 32.2. The number of Topliss-reactive ketones (excluding diaryl/α,β-unsaturated/α-hetero) is 1. The Morgan fingerprint density at radius 2 is 1.59 bits per heavy atom. The molecule has 0 spiro atoms. The highest BCUT2D eigenvalue weighted by Crippen LogP contribution is 2.41. The molecule has 0 bridgehead atoms. The Bertz CT molecular complexity index is 2170. The molecule has 0 unspecified atom stereocenters. The van der Waals surface area contributed by atoms with Crippen LogP contribution in [0.4, 0.5) is 11.4 Å². The van der Waals surface area contributed by atoms with Crippen molar-refractivity contribution in [3.63, 3.8) is 0 Å². The van der Waals surface area contributed by atoms with Crippen molar-refractivity contribution in [1.29, 1.82) is 0 Å². The summed E-state index contributed by atoms with van der Waals surface area (Å²) in [5.41, 5.74) is 5.51. The fourth-order valence-electron chi connectivity index (χ4n) is 6.52. The number of hydrogen-bond acceptors (Lipinski definition) is 5. The average molecular weight is 580 g/mol. The summed E-state index contributed by atoms with van der Waals surface area (Å²) in [7, 11) is 3.29. The first-order valence-corrected chi connectivity index (χ1v) is 14.5. The minimum atomic E-state index is -0.551. The minimum absolute atomic E-state index is 0.0438. The fraction of sp³-hybridized carbons (Fsp3) is 0.132. The highest BCUT2D eigenvalue weighted by molar-refractivity contribution is 6.24. The van der Waals surface area contributed by atoms with Gasteiger partial charge in [0.05, 0.1) is 29.3 Å². The quantitative estimate of drug-likeness (QED) is 0.0960. The summed E-state index contributed by atoms with van der Waals surface area (Å²) in [5.74, 6) is -1.01. The number of nitrogens with zero attached hydrogens (tertiary/aromatic N) is 1. The largest absolute Gasteiger partial charge is 0.505 e. The monoisotopic (exact) mass is 579 g/mol. The Morgan fingerprint density at radius 1 is 0.886 bits per heavy atom. The summed E-state index contributed by atoms with van der Waals surface area (Å²) in [4.78, 5) is 26.3. The molecule has 5 aromatic carbocycles. The maximum absolute atomic E-state index is 13.4. The van der Waals surface area contributed by atoms with Crippen molar-refractivity contribution in [2.24, 2.45) is 0 Å². The summed E-state index contributed by atoms with van der Waals surface area (Å²) < 4.78 is 7.17. The number of anilines is 1. The van der Waals surface area contributed by atoms with Crippen LogP contribution in [0.1, 0.15) is 29.8 Å². The van der Waals surface area contributed by atoms with E-state index in [1.165, 1.54) is 7.11 Å². The van der Waals surface area contributed by atoms with Gasteiger partial charge in [0, 0.05) is 17.7 Å². The number of benzene rings is 5. The molecule has 0 saturated carbocycles. The summed E-state index contributed by atoms with van der Waals surface area (Å²) in [5, 5.41) is 18.5. The van der Waals surface area contributed by atoms with Crippen LogP contribution in [0.25, 0.3) is 32.7 Å². The van der Waals surface area contributed by atoms with Gasteiger partial charge in [0.15, 0.2) is 11.5 Å². The van der Waals surface area contributed by atoms with E-state index in [0.29, 0.717) is 5.69 Å². The molecule has 1 heterocycles. The molecule has 2 aliphatic rings. The number of ether oxygens (including phenoxy) is 1. The van der Waals surface area contributed by atoms with Gasteiger partial charge in [-0.15, -0.1) is 0 Å². The third-order valence-corrected chi connectivity index (χ3v) is 8.93. The lowest BCUT2D eigenvalue weighted by Gasteiger charge is -2.24. The Morgan fingerprint density at radius 3 is 2.32 bits per heavy atom. The Kier molecular flexibility index (Phi) is 6.25. The van der Waals surface area contributed by atoms with Gasteiger partial charge in [0.1, 0.15) is 12.7 Å². The molecule has 1 aliphatic heterocycles. The van der Waals surface area contributed by atoms with E-state index in [9.17, 15) is 14.7 Å². The van der Waals surface area contributed by atoms with Crippen LogP contribution in [0.15, 0.2) is 120 Å². The number of hydrogen-bond donors (Lipinski definition) is 2. The maximum atomic E-state index is 13.4. The lowest BCUT2D eigenvalue weighted by molar-refractivity contribution is -0.401. The number of allylic oxidation sites excluding steroid dienone is 3. The molecular weight excluding hydrogens is 548 g/mol. The maximum Gasteiger partial charge on any atom is 0.339 e. The van der Waals surface area contributed by atoms with Crippen LogP contribution in [-0.4, -0.2) is 41.3 Å². The molecule has 5 aromatic rings. The van der Waals surface area contributed by atoms with Crippen LogP contribution in [-0.2, 0) is 14.9 Å². The topological polar surface area (TPSA) is 78.6 Å². The third-order valence-electron chi connectivity index (χ3n) is 8.93. The van der Waals surface area contributed by atoms with Crippen molar-refractivity contribution in [2.45, 2.75) is 19.3 Å². The molecule has 1 aliphatic carbocycles. The SMILES string of the molecule is COC(=O)c1cc(-c2cccc3cc4ccccc4cc23)ccc1NC1=C(O)C(=CC2=[N+](C)c3ccccc3C2(C)C)C1=O. The lowest BCUT2D eigenvalue weighted by Crippen LogP contribution is -2.32. The lowest BCUT2D eigenvalue weighted by atomic mass is 9.79. The van der Waals surface area contributed by atoms with Gasteiger partial charge in [-0.05, 0) is 70.8 Å². The van der Waals surface area contributed by atoms with Gasteiger partial charge in [0.2, 0.25) is 11.5 Å². The van der Waals surface area contributed by atoms with E-state index in [4.69, 9.17) is 4.74 Å². The van der Waals surface area contributed by atoms with Crippen molar-refractivity contribution >= 4 is 50.4 Å². The smallest absolute Gasteiger partial charge is 0.339 e. The van der Waals surface area contributed by atoms with E-state index in [0.717, 1.165) is 49.6 Å². The standard InChI is InChI=1S/C38H30N2O4/c1-38(2)30-14-7-8-15-32(30)40(3)33(38)21-29-35(41)34(36(29)42)39-31-17-16-25(20-28(31)37(43)44-4)26-13-9-12-24-18-22-10-5-6-11-23(22)19-27(24)26/h5-21H,1-4H3,(H,41,42)/p+1. The normalized spacial score (nSPS) is 16.5. The summed E-state index contributed by atoms with van der Waals surface area (Å²) >= 11 is 0. The van der Waals surface area contributed by atoms with Gasteiger partial charge in [-0.3, -0.25) is 4.79 Å². The second-order valence-electron chi connectivity index (χ2n) is 11.8. The molecule has 6 heteroatoms. The van der Waals surface area contributed by atoms with Crippen LogP contribution >= 0.6 is 0 Å². The van der Waals surface area contributed by atoms with Gasteiger partial charge in [-0.2, -0.15) is 4.58 Å². The number of carbonyl (C=O) groups is 2. The number of aliphatic hydroxyl groups excluding tert-OH is 1. The molecule has 44 heavy (non-hydrogen) atoms.